The maximum atomic E-state index is 15.6. The van der Waals surface area contributed by atoms with Crippen LogP contribution in [0.3, 0.4) is 0 Å². The SMILES string of the molecule is C=CCCN1C(=O)CN(C)C(=O)CN(C)C(=O)C([C@@H](C)CC)NC(=O)[C@H](CC2CCCC2)N(C)C(=O)C[C@@H](C(=O)N(C)C)N(C)C(=O)[C@H](C2CCCC2)N(C)C(=O)C2(CCC2)NC(=O)C2C[C@@H](OCC)CN2C(=O)[C@H](CCc2ccc(C(F)(F)F)c(CC)c2)NC(=O)CN(C)C(=O)[C@@H]1Cc1ccc(C)cc1. The van der Waals surface area contributed by atoms with E-state index in [1.54, 1.807) is 39.0 Å². The second-order valence-corrected chi connectivity index (χ2v) is 30.3. The van der Waals surface area contributed by atoms with E-state index < -0.39 is 174 Å². The zero-order valence-electron chi connectivity index (χ0n) is 64.5. The number of rotatable bonds is 17. The summed E-state index contributed by atoms with van der Waals surface area (Å²) < 4.78 is 48.8. The molecule has 2 aromatic rings. The lowest BCUT2D eigenvalue weighted by molar-refractivity contribution is -0.158. The van der Waals surface area contributed by atoms with Gasteiger partial charge in [0.1, 0.15) is 47.8 Å². The van der Waals surface area contributed by atoms with Gasteiger partial charge in [-0.05, 0) is 119 Å². The third-order valence-corrected chi connectivity index (χ3v) is 22.6. The summed E-state index contributed by atoms with van der Waals surface area (Å²) in [5.74, 6) is -9.15. The van der Waals surface area contributed by atoms with Gasteiger partial charge in [0.2, 0.25) is 70.9 Å². The van der Waals surface area contributed by atoms with Gasteiger partial charge in [-0.1, -0.05) is 114 Å². The molecule has 0 bridgehead atoms. The Labute approximate surface area is 623 Å². The Hall–Kier alpha value is -8.43. The molecule has 586 valence electrons. The van der Waals surface area contributed by atoms with E-state index in [0.717, 1.165) is 64.9 Å². The fraction of sp³-hybridized carbons (Fsp3) is 0.667. The van der Waals surface area contributed by atoms with Gasteiger partial charge in [0, 0.05) is 88.9 Å². The molecule has 2 aromatic carbocycles. The molecule has 9 atom stereocenters. The zero-order valence-corrected chi connectivity index (χ0v) is 64.5. The van der Waals surface area contributed by atoms with Gasteiger partial charge in [0.25, 0.3) is 0 Å². The van der Waals surface area contributed by atoms with Crippen LogP contribution in [-0.4, -0.2) is 265 Å². The van der Waals surface area contributed by atoms with E-state index in [1.807, 2.05) is 26.0 Å². The molecule has 28 heteroatoms. The minimum absolute atomic E-state index is 0.00631. The molecule has 7 rings (SSSR count). The number of hydrogen-bond acceptors (Lipinski definition) is 13. The predicted octanol–water partition coefficient (Wildman–Crippen LogP) is 5.70. The molecule has 5 fully saturated rings. The van der Waals surface area contributed by atoms with Crippen LogP contribution in [-0.2, 0) is 87.7 Å². The highest BCUT2D eigenvalue weighted by Crippen LogP contribution is 2.39. The van der Waals surface area contributed by atoms with E-state index in [1.165, 1.54) is 97.9 Å². The Morgan fingerprint density at radius 2 is 1.34 bits per heavy atom. The van der Waals surface area contributed by atoms with Crippen LogP contribution in [0.2, 0.25) is 0 Å². The van der Waals surface area contributed by atoms with Crippen LogP contribution in [0.25, 0.3) is 0 Å². The minimum atomic E-state index is -4.66. The van der Waals surface area contributed by atoms with Gasteiger partial charge < -0.3 is 64.8 Å². The fourth-order valence-corrected chi connectivity index (χ4v) is 15.7. The van der Waals surface area contributed by atoms with Crippen LogP contribution in [0.1, 0.15) is 165 Å². The van der Waals surface area contributed by atoms with Crippen molar-refractivity contribution in [1.82, 2.24) is 60.0 Å². The Balaban J connectivity index is 1.33. The van der Waals surface area contributed by atoms with Gasteiger partial charge in [0.05, 0.1) is 37.7 Å². The van der Waals surface area contributed by atoms with Gasteiger partial charge >= 0.3 is 6.18 Å². The summed E-state index contributed by atoms with van der Waals surface area (Å²) >= 11 is 0. The molecule has 3 N–H and O–H groups in total. The second kappa shape index (κ2) is 37.9. The Morgan fingerprint density at radius 3 is 1.92 bits per heavy atom. The summed E-state index contributed by atoms with van der Waals surface area (Å²) in [4.78, 5) is 192. The highest BCUT2D eigenvalue weighted by Gasteiger charge is 2.54. The minimum Gasteiger partial charge on any atom is -0.377 e. The topological polar surface area (TPSA) is 279 Å². The average Bonchev–Trinajstić information content (AvgIpc) is 1.15. The lowest BCUT2D eigenvalue weighted by Gasteiger charge is -2.46. The van der Waals surface area contributed by atoms with E-state index in [4.69, 9.17) is 4.74 Å². The van der Waals surface area contributed by atoms with Crippen LogP contribution < -0.4 is 16.0 Å². The van der Waals surface area contributed by atoms with Gasteiger partial charge in [-0.2, -0.15) is 13.2 Å². The van der Waals surface area contributed by atoms with E-state index in [-0.39, 0.29) is 89.0 Å². The fourth-order valence-electron chi connectivity index (χ4n) is 15.7. The number of likely N-dealkylation sites (N-methyl/N-ethyl adjacent to an activating group) is 7. The van der Waals surface area contributed by atoms with Crippen LogP contribution >= 0.6 is 0 Å². The number of nitrogens with zero attached hydrogens (tertiary/aromatic N) is 9. The smallest absolute Gasteiger partial charge is 0.377 e. The Morgan fingerprint density at radius 1 is 0.717 bits per heavy atom. The Kier molecular flexibility index (Phi) is 30.3. The second-order valence-electron chi connectivity index (χ2n) is 30.3. The molecule has 3 aliphatic carbocycles. The molecule has 5 aliphatic rings. The van der Waals surface area contributed by atoms with E-state index in [0.29, 0.717) is 36.8 Å². The summed E-state index contributed by atoms with van der Waals surface area (Å²) in [6, 6.07) is 1.76. The number of amides is 12. The van der Waals surface area contributed by atoms with Crippen LogP contribution in [0.4, 0.5) is 13.2 Å². The number of carbonyl (C=O) groups is 12. The van der Waals surface area contributed by atoms with E-state index in [2.05, 4.69) is 22.5 Å². The van der Waals surface area contributed by atoms with Crippen LogP contribution in [0.15, 0.2) is 55.1 Å². The quantitative estimate of drug-likeness (QED) is 0.160. The van der Waals surface area contributed by atoms with Crippen molar-refractivity contribution in [1.29, 1.82) is 0 Å². The first-order valence-electron chi connectivity index (χ1n) is 37.8. The third-order valence-electron chi connectivity index (χ3n) is 22.6. The van der Waals surface area contributed by atoms with Crippen LogP contribution in [0, 0.1) is 24.7 Å². The molecule has 2 aliphatic heterocycles. The standard InChI is InChI=1S/C78H115F3N12O13/c1-15-19-39-92-62(42-53-31-29-49(5)30-32-53)73(102)87(10)46-63(94)82-58(36-34-52-33-35-57(78(79,80)81)54(17-3)40-52)71(100)93-45-56(106-18-4)43-60(93)70(99)84-77(37-24-38-77)76(105)91(14)68(55-27-22-23-28-55)75(104)90(13)61(72(101)85(7)8)44-64(95)89(12)59(41-51-25-20-21-26-51)69(98)83-67(50(6)16-2)74(103)88(11)47-65(96)86(9)48-66(92)97/h15,29-33,35,40,50-51,55-56,58-62,67-68H,1,16-28,34,36-39,41-48H2,2-14H3,(H,82,94)(H,83,98)(H,84,99)/t50-,56+,58-,59-,60?,61-,62-,67?,68-/m0/s1. The number of carbonyl (C=O) groups excluding carboxylic acids is 12. The summed E-state index contributed by atoms with van der Waals surface area (Å²) in [7, 11) is 11.4. The number of hydrogen-bond donors (Lipinski definition) is 3. The van der Waals surface area contributed by atoms with E-state index >= 15 is 33.6 Å². The molecule has 25 nitrogen and oxygen atoms in total. The summed E-state index contributed by atoms with van der Waals surface area (Å²) in [6.07, 6.45) is 2.64. The van der Waals surface area contributed by atoms with Crippen molar-refractivity contribution in [3.63, 3.8) is 0 Å². The molecule has 3 saturated carbocycles. The molecule has 0 radical (unpaired) electrons. The van der Waals surface area contributed by atoms with Crippen molar-refractivity contribution < 1.29 is 75.4 Å². The molecule has 2 unspecified atom stereocenters. The normalized spacial score (nSPS) is 25.4. The predicted molar refractivity (Wildman–Crippen MR) is 392 cm³/mol. The number of halogens is 3. The molecular weight excluding hydrogens is 1370 g/mol. The maximum Gasteiger partial charge on any atom is 0.416 e. The molecule has 0 aromatic heterocycles. The summed E-state index contributed by atoms with van der Waals surface area (Å²) in [5.41, 5.74) is -0.463. The number of fused-ring (bicyclic) bond motifs is 1. The molecule has 1 spiro atoms. The first-order valence-corrected chi connectivity index (χ1v) is 37.8. The molecule has 2 heterocycles. The summed E-state index contributed by atoms with van der Waals surface area (Å²) in [6.45, 7) is 10.8. The van der Waals surface area contributed by atoms with Crippen molar-refractivity contribution in [2.24, 2.45) is 17.8 Å². The van der Waals surface area contributed by atoms with Crippen molar-refractivity contribution in [3.8, 4) is 0 Å². The number of aryl methyl sites for hydroxylation is 3. The molecule has 12 amide bonds. The number of nitrogens with one attached hydrogen (secondary N) is 3. The zero-order chi connectivity index (χ0) is 78.2. The number of ether oxygens (including phenoxy) is 1. The third kappa shape index (κ3) is 21.0. The van der Waals surface area contributed by atoms with Crippen molar-refractivity contribution in [3.05, 3.63) is 82.9 Å². The van der Waals surface area contributed by atoms with Gasteiger partial charge in [-0.3, -0.25) is 57.5 Å². The van der Waals surface area contributed by atoms with Gasteiger partial charge in [0.15, 0.2) is 0 Å². The first kappa shape index (κ1) is 84.8. The van der Waals surface area contributed by atoms with Crippen molar-refractivity contribution in [2.45, 2.75) is 223 Å². The van der Waals surface area contributed by atoms with Gasteiger partial charge in [-0.15, -0.1) is 6.58 Å². The molecule has 2 saturated heterocycles. The lowest BCUT2D eigenvalue weighted by Crippen LogP contribution is -2.68. The lowest BCUT2D eigenvalue weighted by atomic mass is 9.74. The first-order chi connectivity index (χ1) is 50.1. The Bertz CT molecular complexity index is 3480. The number of alkyl halides is 3. The maximum absolute atomic E-state index is 15.6. The molecule has 106 heavy (non-hydrogen) atoms. The van der Waals surface area contributed by atoms with Crippen molar-refractivity contribution >= 4 is 70.9 Å². The summed E-state index contributed by atoms with van der Waals surface area (Å²) in [5, 5.41) is 8.78. The number of benzene rings is 2. The largest absolute Gasteiger partial charge is 0.416 e. The highest BCUT2D eigenvalue weighted by molar-refractivity contribution is 6.01. The average molecular weight is 1490 g/mol. The van der Waals surface area contributed by atoms with Crippen LogP contribution in [0.5, 0.6) is 0 Å². The van der Waals surface area contributed by atoms with Gasteiger partial charge in [-0.25, -0.2) is 0 Å². The highest BCUT2D eigenvalue weighted by atomic mass is 19.4. The van der Waals surface area contributed by atoms with E-state index in [9.17, 15) is 37.1 Å². The monoisotopic (exact) mass is 1480 g/mol. The van der Waals surface area contributed by atoms with Crippen molar-refractivity contribution in [2.75, 3.05) is 95.7 Å². The molecular formula is C78H115F3N12O13.